The van der Waals surface area contributed by atoms with E-state index in [1.807, 2.05) is 6.07 Å². The Labute approximate surface area is 243 Å². The summed E-state index contributed by atoms with van der Waals surface area (Å²) in [6.07, 6.45) is -0.891. The molecule has 1 atom stereocenters. The summed E-state index contributed by atoms with van der Waals surface area (Å²) in [5.74, 6) is -0.490. The summed E-state index contributed by atoms with van der Waals surface area (Å²) < 4.78 is 47.1. The van der Waals surface area contributed by atoms with Gasteiger partial charge < -0.3 is 24.5 Å². The van der Waals surface area contributed by atoms with Gasteiger partial charge >= 0.3 is 6.18 Å². The van der Waals surface area contributed by atoms with Crippen LogP contribution in [0.25, 0.3) is 0 Å². The fourth-order valence-corrected chi connectivity index (χ4v) is 6.23. The molecule has 1 aliphatic heterocycles. The standard InChI is InChI=1S/C29H36ClF3N4O4/c1-35(2)25(38)22-8-9-23(34-24(22)30)37-14-11-27(12-15-37)17-19(18-27)10-13-36(3)26(39)28(40,29(31,32)33)20-6-5-7-21(16-20)41-4/h5-9,16,19,40H,10-15,17-18H2,1-4H3. The first-order valence-electron chi connectivity index (χ1n) is 13.5. The molecule has 1 saturated carbocycles. The van der Waals surface area contributed by atoms with Crippen molar-refractivity contribution in [2.24, 2.45) is 11.3 Å². The molecular weight excluding hydrogens is 561 g/mol. The zero-order valence-corrected chi connectivity index (χ0v) is 24.4. The zero-order chi connectivity index (χ0) is 30.2. The van der Waals surface area contributed by atoms with Crippen LogP contribution in [0.15, 0.2) is 36.4 Å². The third kappa shape index (κ3) is 6.11. The molecule has 2 heterocycles. The van der Waals surface area contributed by atoms with Gasteiger partial charge in [-0.3, -0.25) is 9.59 Å². The van der Waals surface area contributed by atoms with Gasteiger partial charge in [0.15, 0.2) is 0 Å². The van der Waals surface area contributed by atoms with Gasteiger partial charge in [-0.1, -0.05) is 23.7 Å². The minimum Gasteiger partial charge on any atom is -0.497 e. The van der Waals surface area contributed by atoms with E-state index >= 15 is 0 Å². The molecule has 12 heteroatoms. The van der Waals surface area contributed by atoms with Crippen LogP contribution in [0, 0.1) is 11.3 Å². The molecule has 2 fully saturated rings. The number of rotatable bonds is 8. The van der Waals surface area contributed by atoms with Crippen molar-refractivity contribution in [2.75, 3.05) is 52.8 Å². The Balaban J connectivity index is 1.30. The molecule has 8 nitrogen and oxygen atoms in total. The third-order valence-electron chi connectivity index (χ3n) is 8.49. The quantitative estimate of drug-likeness (QED) is 0.443. The number of aliphatic hydroxyl groups is 1. The number of hydrogen-bond acceptors (Lipinski definition) is 6. The highest BCUT2D eigenvalue weighted by molar-refractivity contribution is 6.32. The van der Waals surface area contributed by atoms with Crippen LogP contribution in [0.4, 0.5) is 19.0 Å². The Hall–Kier alpha value is -3.05. The maximum Gasteiger partial charge on any atom is 0.430 e. The molecule has 2 amide bonds. The number of anilines is 1. The van der Waals surface area contributed by atoms with Crippen molar-refractivity contribution in [1.29, 1.82) is 0 Å². The highest BCUT2D eigenvalue weighted by Gasteiger charge is 2.62. The van der Waals surface area contributed by atoms with Crippen LogP contribution in [0.3, 0.4) is 0 Å². The van der Waals surface area contributed by atoms with Gasteiger partial charge in [-0.2, -0.15) is 13.2 Å². The molecule has 1 aliphatic carbocycles. The van der Waals surface area contributed by atoms with Crippen LogP contribution in [0.1, 0.15) is 48.0 Å². The molecule has 1 N–H and O–H groups in total. The molecule has 224 valence electrons. The largest absolute Gasteiger partial charge is 0.497 e. The van der Waals surface area contributed by atoms with Gasteiger partial charge in [0.2, 0.25) is 0 Å². The van der Waals surface area contributed by atoms with E-state index in [1.54, 1.807) is 20.2 Å². The Morgan fingerprint density at radius 2 is 1.80 bits per heavy atom. The van der Waals surface area contributed by atoms with E-state index in [0.29, 0.717) is 12.0 Å². The molecule has 41 heavy (non-hydrogen) atoms. The number of carbonyl (C=O) groups is 2. The molecule has 0 radical (unpaired) electrons. The van der Waals surface area contributed by atoms with Crippen molar-refractivity contribution >= 4 is 29.2 Å². The molecule has 1 spiro atoms. The number of likely N-dealkylation sites (N-methyl/N-ethyl adjacent to an activating group) is 1. The van der Waals surface area contributed by atoms with Gasteiger partial charge in [0.1, 0.15) is 16.7 Å². The number of hydrogen-bond donors (Lipinski definition) is 1. The number of amides is 2. The number of pyridine rings is 1. The van der Waals surface area contributed by atoms with E-state index in [1.165, 1.54) is 31.2 Å². The van der Waals surface area contributed by atoms with Crippen LogP contribution >= 0.6 is 11.6 Å². The number of carbonyl (C=O) groups excluding carboxylic acids is 2. The molecule has 1 saturated heterocycles. The number of aromatic nitrogens is 1. The van der Waals surface area contributed by atoms with Gasteiger partial charge in [0.05, 0.1) is 12.7 Å². The molecule has 1 aromatic carbocycles. The third-order valence-corrected chi connectivity index (χ3v) is 8.78. The van der Waals surface area contributed by atoms with Crippen LogP contribution in [-0.4, -0.2) is 85.8 Å². The van der Waals surface area contributed by atoms with Gasteiger partial charge in [0.25, 0.3) is 17.4 Å². The molecule has 2 aromatic rings. The molecule has 1 aromatic heterocycles. The van der Waals surface area contributed by atoms with E-state index in [2.05, 4.69) is 9.88 Å². The Kier molecular flexibility index (Phi) is 8.80. The van der Waals surface area contributed by atoms with E-state index in [-0.39, 0.29) is 34.7 Å². The molecule has 0 bridgehead atoms. The first kappa shape index (κ1) is 30.9. The molecule has 4 rings (SSSR count). The lowest BCUT2D eigenvalue weighted by Crippen LogP contribution is -2.55. The molecule has 2 aliphatic rings. The lowest BCUT2D eigenvalue weighted by atomic mass is 9.57. The number of benzene rings is 1. The molecular formula is C29H36ClF3N4O4. The summed E-state index contributed by atoms with van der Waals surface area (Å²) in [4.78, 5) is 34.2. The van der Waals surface area contributed by atoms with Crippen LogP contribution < -0.4 is 9.64 Å². The number of alkyl halides is 3. The van der Waals surface area contributed by atoms with Gasteiger partial charge in [-0.05, 0) is 67.7 Å². The smallest absolute Gasteiger partial charge is 0.430 e. The average molecular weight is 597 g/mol. The number of piperidine rings is 1. The fraction of sp³-hybridized carbons (Fsp3) is 0.552. The first-order chi connectivity index (χ1) is 19.2. The summed E-state index contributed by atoms with van der Waals surface area (Å²) in [7, 11) is 5.91. The normalized spacial score (nSPS) is 18.4. The second kappa shape index (κ2) is 11.7. The maximum absolute atomic E-state index is 14.0. The first-order valence-corrected chi connectivity index (χ1v) is 13.9. The van der Waals surface area contributed by atoms with Crippen molar-refractivity contribution in [3.8, 4) is 5.75 Å². The highest BCUT2D eigenvalue weighted by atomic mass is 35.5. The summed E-state index contributed by atoms with van der Waals surface area (Å²) in [5, 5.41) is 10.9. The monoisotopic (exact) mass is 596 g/mol. The van der Waals surface area contributed by atoms with Gasteiger partial charge in [-0.15, -0.1) is 0 Å². The Bertz CT molecular complexity index is 1270. The van der Waals surface area contributed by atoms with Crippen molar-refractivity contribution in [1.82, 2.24) is 14.8 Å². The van der Waals surface area contributed by atoms with E-state index in [9.17, 15) is 27.9 Å². The van der Waals surface area contributed by atoms with Gasteiger partial charge in [-0.25, -0.2) is 4.98 Å². The minimum absolute atomic E-state index is 0.106. The summed E-state index contributed by atoms with van der Waals surface area (Å²) >= 11 is 6.29. The second-order valence-electron chi connectivity index (χ2n) is 11.4. The number of halogens is 4. The Morgan fingerprint density at radius 1 is 1.15 bits per heavy atom. The van der Waals surface area contributed by atoms with Crippen molar-refractivity contribution in [3.63, 3.8) is 0 Å². The molecule has 1 unspecified atom stereocenters. The summed E-state index contributed by atoms with van der Waals surface area (Å²) in [6, 6.07) is 8.37. The van der Waals surface area contributed by atoms with Crippen molar-refractivity contribution in [3.05, 3.63) is 52.7 Å². The van der Waals surface area contributed by atoms with E-state index in [0.717, 1.165) is 61.6 Å². The Morgan fingerprint density at radius 3 is 2.37 bits per heavy atom. The fourth-order valence-electron chi connectivity index (χ4n) is 6.00. The minimum atomic E-state index is -5.21. The predicted octanol–water partition coefficient (Wildman–Crippen LogP) is 4.74. The van der Waals surface area contributed by atoms with Crippen LogP contribution in [0.5, 0.6) is 5.75 Å². The lowest BCUT2D eigenvalue weighted by Gasteiger charge is -2.53. The summed E-state index contributed by atoms with van der Waals surface area (Å²) in [6.45, 7) is 1.68. The predicted molar refractivity (Wildman–Crippen MR) is 149 cm³/mol. The lowest BCUT2D eigenvalue weighted by molar-refractivity contribution is -0.261. The average Bonchev–Trinajstić information content (AvgIpc) is 2.93. The number of nitrogens with zero attached hydrogens (tertiary/aromatic N) is 4. The number of methoxy groups -OCH3 is 1. The van der Waals surface area contributed by atoms with E-state index < -0.39 is 23.2 Å². The maximum atomic E-state index is 14.0. The second-order valence-corrected chi connectivity index (χ2v) is 11.8. The van der Waals surface area contributed by atoms with E-state index in [4.69, 9.17) is 16.3 Å². The number of ether oxygens (including phenoxy) is 1. The van der Waals surface area contributed by atoms with Gasteiger partial charge in [0, 0.05) is 46.3 Å². The zero-order valence-electron chi connectivity index (χ0n) is 23.7. The SMILES string of the molecule is COc1cccc(C(O)(C(=O)N(C)CCC2CC3(CCN(c4ccc(C(=O)N(C)C)c(Cl)n4)CC3)C2)C(F)(F)F)c1. The van der Waals surface area contributed by atoms with Crippen molar-refractivity contribution < 1.29 is 32.6 Å². The summed E-state index contributed by atoms with van der Waals surface area (Å²) in [5.41, 5.74) is -3.72. The van der Waals surface area contributed by atoms with Crippen molar-refractivity contribution in [2.45, 2.75) is 43.9 Å². The highest BCUT2D eigenvalue weighted by Crippen LogP contribution is 2.54. The van der Waals surface area contributed by atoms with Crippen LogP contribution in [-0.2, 0) is 10.4 Å². The van der Waals surface area contributed by atoms with Crippen LogP contribution in [0.2, 0.25) is 5.15 Å². The topological polar surface area (TPSA) is 86.2 Å².